The summed E-state index contributed by atoms with van der Waals surface area (Å²) < 4.78 is 1.50. The van der Waals surface area contributed by atoms with Gasteiger partial charge in [-0.2, -0.15) is 5.10 Å². The first kappa shape index (κ1) is 15.3. The van der Waals surface area contributed by atoms with Gasteiger partial charge >= 0.3 is 5.97 Å². The number of halogens is 1. The van der Waals surface area contributed by atoms with Crippen LogP contribution in [-0.4, -0.2) is 20.9 Å². The Bertz CT molecular complexity index is 708. The van der Waals surface area contributed by atoms with Crippen LogP contribution in [0.2, 0.25) is 5.02 Å². The van der Waals surface area contributed by atoms with E-state index < -0.39 is 11.4 Å². The van der Waals surface area contributed by atoms with Crippen molar-refractivity contribution < 1.29 is 9.90 Å². The van der Waals surface area contributed by atoms with E-state index in [1.165, 1.54) is 4.68 Å². The first-order chi connectivity index (χ1) is 10.0. The summed E-state index contributed by atoms with van der Waals surface area (Å²) in [5.74, 6) is -1.23. The molecule has 0 amide bonds. The normalized spacial score (nSPS) is 10.6. The Kier molecular flexibility index (Phi) is 4.75. The minimum absolute atomic E-state index is 0.214. The maximum absolute atomic E-state index is 11.8. The molecule has 21 heavy (non-hydrogen) atoms. The fraction of sp³-hybridized carbons (Fsp3) is 0.267. The van der Waals surface area contributed by atoms with Crippen molar-refractivity contribution in [2.45, 2.75) is 26.2 Å². The van der Waals surface area contributed by atoms with E-state index in [4.69, 9.17) is 11.6 Å². The van der Waals surface area contributed by atoms with Gasteiger partial charge in [0.25, 0.3) is 0 Å². The van der Waals surface area contributed by atoms with Gasteiger partial charge in [0, 0.05) is 5.02 Å². The Morgan fingerprint density at radius 2 is 2.00 bits per heavy atom. The van der Waals surface area contributed by atoms with Crippen molar-refractivity contribution in [1.82, 2.24) is 9.78 Å². The van der Waals surface area contributed by atoms with E-state index >= 15 is 0 Å². The number of carbonyl (C=O) groups is 1. The van der Waals surface area contributed by atoms with E-state index in [1.54, 1.807) is 24.3 Å². The summed E-state index contributed by atoms with van der Waals surface area (Å²) in [7, 11) is 0. The van der Waals surface area contributed by atoms with Crippen molar-refractivity contribution >= 4 is 17.6 Å². The highest BCUT2D eigenvalue weighted by Crippen LogP contribution is 2.17. The summed E-state index contributed by atoms with van der Waals surface area (Å²) in [5.41, 5.74) is 0.305. The predicted molar refractivity (Wildman–Crippen MR) is 80.4 cm³/mol. The molecule has 0 fully saturated rings. The lowest BCUT2D eigenvalue weighted by Crippen LogP contribution is -2.24. The van der Waals surface area contributed by atoms with E-state index in [-0.39, 0.29) is 5.56 Å². The summed E-state index contributed by atoms with van der Waals surface area (Å²) in [4.78, 5) is 23.2. The van der Waals surface area contributed by atoms with Gasteiger partial charge in [-0.25, -0.2) is 9.48 Å². The van der Waals surface area contributed by atoms with Crippen LogP contribution in [0.5, 0.6) is 0 Å². The molecule has 6 heteroatoms. The van der Waals surface area contributed by atoms with Gasteiger partial charge in [0.05, 0.1) is 17.6 Å². The molecule has 2 aromatic rings. The van der Waals surface area contributed by atoms with Crippen LogP contribution >= 0.6 is 11.6 Å². The highest BCUT2D eigenvalue weighted by atomic mass is 35.5. The number of carboxylic acid groups (broad SMARTS) is 1. The van der Waals surface area contributed by atoms with Crippen LogP contribution < -0.4 is 5.43 Å². The highest BCUT2D eigenvalue weighted by Gasteiger charge is 2.19. The third-order valence-electron chi connectivity index (χ3n) is 3.13. The monoisotopic (exact) mass is 306 g/mol. The summed E-state index contributed by atoms with van der Waals surface area (Å²) >= 11 is 5.86. The highest BCUT2D eigenvalue weighted by molar-refractivity contribution is 6.30. The number of aromatic carboxylic acids is 1. The Hall–Kier alpha value is -2.14. The molecule has 2 rings (SSSR count). The van der Waals surface area contributed by atoms with Crippen LogP contribution in [0.3, 0.4) is 0 Å². The molecule has 0 spiro atoms. The topological polar surface area (TPSA) is 72.2 Å². The number of carboxylic acids is 1. The summed E-state index contributed by atoms with van der Waals surface area (Å²) in [6, 6.07) is 6.86. The maximum atomic E-state index is 11.8. The SMILES string of the molecule is CCCCc1c(C(=O)O)c(=O)cnn1-c1ccc(Cl)cc1. The first-order valence-corrected chi connectivity index (χ1v) is 7.02. The lowest BCUT2D eigenvalue weighted by Gasteiger charge is -2.14. The Labute approximate surface area is 126 Å². The zero-order chi connectivity index (χ0) is 15.4. The zero-order valence-corrected chi connectivity index (χ0v) is 12.3. The van der Waals surface area contributed by atoms with Crippen molar-refractivity contribution in [1.29, 1.82) is 0 Å². The number of aromatic nitrogens is 2. The Morgan fingerprint density at radius 1 is 1.33 bits per heavy atom. The molecule has 1 N–H and O–H groups in total. The van der Waals surface area contributed by atoms with E-state index in [1.807, 2.05) is 6.92 Å². The van der Waals surface area contributed by atoms with Gasteiger partial charge in [-0.1, -0.05) is 24.9 Å². The van der Waals surface area contributed by atoms with Gasteiger partial charge < -0.3 is 5.11 Å². The predicted octanol–water partition coefficient (Wildman–Crippen LogP) is 2.93. The minimum Gasteiger partial charge on any atom is -0.477 e. The van der Waals surface area contributed by atoms with Crippen molar-refractivity contribution in [3.05, 3.63) is 57.0 Å². The molecule has 0 unspecified atom stereocenters. The molecule has 110 valence electrons. The fourth-order valence-corrected chi connectivity index (χ4v) is 2.23. The third kappa shape index (κ3) is 3.31. The smallest absolute Gasteiger partial charge is 0.341 e. The van der Waals surface area contributed by atoms with Crippen molar-refractivity contribution in [3.63, 3.8) is 0 Å². The molecule has 1 heterocycles. The molecule has 0 bridgehead atoms. The van der Waals surface area contributed by atoms with Crippen molar-refractivity contribution in [2.75, 3.05) is 0 Å². The molecular formula is C15H15ClN2O3. The van der Waals surface area contributed by atoms with Crippen LogP contribution in [0.25, 0.3) is 5.69 Å². The summed E-state index contributed by atoms with van der Waals surface area (Å²) in [5, 5.41) is 13.9. The molecule has 0 aliphatic rings. The van der Waals surface area contributed by atoms with Crippen molar-refractivity contribution in [2.24, 2.45) is 0 Å². The second kappa shape index (κ2) is 6.54. The third-order valence-corrected chi connectivity index (χ3v) is 3.39. The lowest BCUT2D eigenvalue weighted by molar-refractivity contribution is 0.0693. The quantitative estimate of drug-likeness (QED) is 0.922. The van der Waals surface area contributed by atoms with Crippen LogP contribution in [0.15, 0.2) is 35.3 Å². The van der Waals surface area contributed by atoms with E-state index in [2.05, 4.69) is 5.10 Å². The van der Waals surface area contributed by atoms with E-state index in [9.17, 15) is 14.7 Å². The van der Waals surface area contributed by atoms with Gasteiger partial charge in [-0.15, -0.1) is 0 Å². The minimum atomic E-state index is -1.23. The second-order valence-electron chi connectivity index (χ2n) is 4.63. The fourth-order valence-electron chi connectivity index (χ4n) is 2.10. The lowest BCUT2D eigenvalue weighted by atomic mass is 10.1. The number of unbranched alkanes of at least 4 members (excludes halogenated alkanes) is 1. The number of hydrogen-bond donors (Lipinski definition) is 1. The molecule has 1 aromatic heterocycles. The first-order valence-electron chi connectivity index (χ1n) is 6.65. The van der Waals surface area contributed by atoms with Crippen molar-refractivity contribution in [3.8, 4) is 5.69 Å². The van der Waals surface area contributed by atoms with E-state index in [0.717, 1.165) is 19.0 Å². The van der Waals surface area contributed by atoms with Crippen LogP contribution in [0.1, 0.15) is 35.8 Å². The van der Waals surface area contributed by atoms with Gasteiger partial charge in [0.1, 0.15) is 5.56 Å². The van der Waals surface area contributed by atoms with Crippen LogP contribution in [0, 0.1) is 0 Å². The molecular weight excluding hydrogens is 292 g/mol. The summed E-state index contributed by atoms with van der Waals surface area (Å²) in [6.45, 7) is 2.00. The molecule has 0 radical (unpaired) electrons. The molecule has 0 aliphatic heterocycles. The van der Waals surface area contributed by atoms with Gasteiger partial charge in [-0.3, -0.25) is 4.79 Å². The standard InChI is InChI=1S/C15H15ClN2O3/c1-2-3-4-12-14(15(20)21)13(19)9-17-18(12)11-7-5-10(16)6-8-11/h5-9H,2-4H2,1H3,(H,20,21). The molecule has 0 saturated carbocycles. The average molecular weight is 307 g/mol. The average Bonchev–Trinajstić information content (AvgIpc) is 2.45. The number of rotatable bonds is 5. The molecule has 5 nitrogen and oxygen atoms in total. The maximum Gasteiger partial charge on any atom is 0.341 e. The second-order valence-corrected chi connectivity index (χ2v) is 5.06. The Balaban J connectivity index is 2.64. The molecule has 0 aliphatic carbocycles. The number of hydrogen-bond acceptors (Lipinski definition) is 3. The van der Waals surface area contributed by atoms with Gasteiger partial charge in [0.15, 0.2) is 0 Å². The zero-order valence-electron chi connectivity index (χ0n) is 11.5. The molecule has 0 saturated heterocycles. The van der Waals surface area contributed by atoms with E-state index in [0.29, 0.717) is 22.8 Å². The van der Waals surface area contributed by atoms with Gasteiger partial charge in [-0.05, 0) is 37.1 Å². The summed E-state index contributed by atoms with van der Waals surface area (Å²) in [6.07, 6.45) is 3.18. The van der Waals surface area contributed by atoms with Crippen LogP contribution in [-0.2, 0) is 6.42 Å². The molecule has 1 aromatic carbocycles. The van der Waals surface area contributed by atoms with Gasteiger partial charge in [0.2, 0.25) is 5.43 Å². The molecule has 0 atom stereocenters. The Morgan fingerprint density at radius 3 is 2.57 bits per heavy atom. The largest absolute Gasteiger partial charge is 0.477 e. The van der Waals surface area contributed by atoms with Crippen LogP contribution in [0.4, 0.5) is 0 Å². The number of nitrogens with zero attached hydrogens (tertiary/aromatic N) is 2. The number of benzene rings is 1.